The molecule has 0 amide bonds. The molecule has 0 heterocycles. The van der Waals surface area contributed by atoms with E-state index in [9.17, 15) is 5.11 Å². The van der Waals surface area contributed by atoms with Crippen molar-refractivity contribution in [2.45, 2.75) is 39.7 Å². The fraction of sp³-hybridized carbons (Fsp3) is 0.600. The van der Waals surface area contributed by atoms with E-state index in [1.165, 1.54) is 12.0 Å². The molecular weight excluding hydrogens is 210 g/mol. The Morgan fingerprint density at radius 3 is 2.59 bits per heavy atom. The summed E-state index contributed by atoms with van der Waals surface area (Å²) in [6, 6.07) is 8.15. The molecule has 0 spiro atoms. The lowest BCUT2D eigenvalue weighted by Gasteiger charge is -2.21. The maximum Gasteiger partial charge on any atom is 0.0802 e. The van der Waals surface area contributed by atoms with Crippen molar-refractivity contribution in [3.8, 4) is 0 Å². The van der Waals surface area contributed by atoms with Crippen LogP contribution in [0.25, 0.3) is 0 Å². The van der Waals surface area contributed by atoms with E-state index in [1.807, 2.05) is 12.1 Å². The van der Waals surface area contributed by atoms with Gasteiger partial charge in [-0.05, 0) is 38.4 Å². The lowest BCUT2D eigenvalue weighted by Crippen LogP contribution is -2.26. The van der Waals surface area contributed by atoms with E-state index in [0.29, 0.717) is 0 Å². The standard InChI is InChI=1S/C15H25NO/c1-4-10-16(5-2)11-9-15(17)14-8-6-7-13(3)12-14/h6-8,12,15,17H,4-5,9-11H2,1-3H3. The largest absolute Gasteiger partial charge is 0.388 e. The van der Waals surface area contributed by atoms with E-state index < -0.39 is 0 Å². The van der Waals surface area contributed by atoms with Gasteiger partial charge in [-0.1, -0.05) is 43.7 Å². The Morgan fingerprint density at radius 2 is 2.00 bits per heavy atom. The number of hydrogen-bond acceptors (Lipinski definition) is 2. The summed E-state index contributed by atoms with van der Waals surface area (Å²) < 4.78 is 0. The van der Waals surface area contributed by atoms with Gasteiger partial charge in [0.05, 0.1) is 6.10 Å². The molecule has 0 aliphatic heterocycles. The van der Waals surface area contributed by atoms with Crippen LogP contribution in [-0.4, -0.2) is 29.6 Å². The third-order valence-electron chi connectivity index (χ3n) is 3.13. The average molecular weight is 235 g/mol. The van der Waals surface area contributed by atoms with E-state index in [4.69, 9.17) is 0 Å². The number of benzene rings is 1. The fourth-order valence-electron chi connectivity index (χ4n) is 2.09. The first-order chi connectivity index (χ1) is 8.17. The summed E-state index contributed by atoms with van der Waals surface area (Å²) in [6.07, 6.45) is 1.66. The zero-order valence-corrected chi connectivity index (χ0v) is 11.3. The number of aryl methyl sites for hydroxylation is 1. The topological polar surface area (TPSA) is 23.5 Å². The summed E-state index contributed by atoms with van der Waals surface area (Å²) in [4.78, 5) is 2.39. The van der Waals surface area contributed by atoms with Gasteiger partial charge in [0.15, 0.2) is 0 Å². The minimum Gasteiger partial charge on any atom is -0.388 e. The van der Waals surface area contributed by atoms with Crippen LogP contribution in [0.5, 0.6) is 0 Å². The van der Waals surface area contributed by atoms with Crippen molar-refractivity contribution in [2.24, 2.45) is 0 Å². The van der Waals surface area contributed by atoms with Crippen LogP contribution in [0.2, 0.25) is 0 Å². The SMILES string of the molecule is CCCN(CC)CCC(O)c1cccc(C)c1. The molecule has 1 aromatic carbocycles. The molecule has 0 bridgehead atoms. The molecule has 0 fully saturated rings. The minimum atomic E-state index is -0.333. The summed E-state index contributed by atoms with van der Waals surface area (Å²) >= 11 is 0. The molecule has 0 radical (unpaired) electrons. The maximum atomic E-state index is 10.1. The second-order valence-corrected chi connectivity index (χ2v) is 4.65. The Hall–Kier alpha value is -0.860. The minimum absolute atomic E-state index is 0.333. The van der Waals surface area contributed by atoms with Crippen molar-refractivity contribution >= 4 is 0 Å². The highest BCUT2D eigenvalue weighted by Crippen LogP contribution is 2.18. The van der Waals surface area contributed by atoms with Gasteiger partial charge in [-0.2, -0.15) is 0 Å². The molecule has 0 saturated heterocycles. The van der Waals surface area contributed by atoms with Crippen molar-refractivity contribution in [3.05, 3.63) is 35.4 Å². The summed E-state index contributed by atoms with van der Waals surface area (Å²) in [7, 11) is 0. The smallest absolute Gasteiger partial charge is 0.0802 e. The highest BCUT2D eigenvalue weighted by molar-refractivity contribution is 5.23. The molecule has 0 saturated carbocycles. The number of rotatable bonds is 7. The second kappa shape index (κ2) is 7.46. The van der Waals surface area contributed by atoms with Crippen LogP contribution in [0.1, 0.15) is 43.9 Å². The van der Waals surface area contributed by atoms with E-state index in [1.54, 1.807) is 0 Å². The van der Waals surface area contributed by atoms with E-state index >= 15 is 0 Å². The highest BCUT2D eigenvalue weighted by atomic mass is 16.3. The third kappa shape index (κ3) is 4.88. The van der Waals surface area contributed by atoms with Crippen molar-refractivity contribution in [1.82, 2.24) is 4.90 Å². The van der Waals surface area contributed by atoms with Crippen LogP contribution < -0.4 is 0 Å². The maximum absolute atomic E-state index is 10.1. The molecule has 1 rings (SSSR count). The van der Waals surface area contributed by atoms with Gasteiger partial charge in [0, 0.05) is 6.54 Å². The molecule has 2 heteroatoms. The Labute approximate surface area is 105 Å². The summed E-state index contributed by atoms with van der Waals surface area (Å²) in [5, 5.41) is 10.1. The summed E-state index contributed by atoms with van der Waals surface area (Å²) in [5.74, 6) is 0. The number of aliphatic hydroxyl groups is 1. The first-order valence-corrected chi connectivity index (χ1v) is 6.64. The zero-order valence-electron chi connectivity index (χ0n) is 11.3. The molecule has 1 atom stereocenters. The van der Waals surface area contributed by atoms with Gasteiger partial charge in [-0.15, -0.1) is 0 Å². The Bertz CT molecular complexity index is 324. The Morgan fingerprint density at radius 1 is 1.24 bits per heavy atom. The predicted molar refractivity (Wildman–Crippen MR) is 73.2 cm³/mol. The van der Waals surface area contributed by atoms with Gasteiger partial charge in [0.1, 0.15) is 0 Å². The quantitative estimate of drug-likeness (QED) is 0.785. The van der Waals surface area contributed by atoms with Gasteiger partial charge in [-0.25, -0.2) is 0 Å². The van der Waals surface area contributed by atoms with E-state index in [0.717, 1.165) is 31.6 Å². The lowest BCUT2D eigenvalue weighted by molar-refractivity contribution is 0.143. The molecule has 1 aromatic rings. The van der Waals surface area contributed by atoms with Crippen LogP contribution >= 0.6 is 0 Å². The summed E-state index contributed by atoms with van der Waals surface area (Å²) in [6.45, 7) is 9.59. The van der Waals surface area contributed by atoms with Gasteiger partial charge < -0.3 is 10.0 Å². The fourth-order valence-corrected chi connectivity index (χ4v) is 2.09. The number of aliphatic hydroxyl groups excluding tert-OH is 1. The van der Waals surface area contributed by atoms with Crippen molar-refractivity contribution < 1.29 is 5.11 Å². The number of hydrogen-bond donors (Lipinski definition) is 1. The van der Waals surface area contributed by atoms with Crippen LogP contribution in [0.15, 0.2) is 24.3 Å². The van der Waals surface area contributed by atoms with Crippen LogP contribution in [-0.2, 0) is 0 Å². The monoisotopic (exact) mass is 235 g/mol. The summed E-state index contributed by atoms with van der Waals surface area (Å²) in [5.41, 5.74) is 2.25. The zero-order chi connectivity index (χ0) is 12.7. The second-order valence-electron chi connectivity index (χ2n) is 4.65. The molecule has 0 aliphatic carbocycles. The molecular formula is C15H25NO. The van der Waals surface area contributed by atoms with Gasteiger partial charge in [-0.3, -0.25) is 0 Å². The normalized spacial score (nSPS) is 13.0. The number of nitrogens with zero attached hydrogens (tertiary/aromatic N) is 1. The first-order valence-electron chi connectivity index (χ1n) is 6.64. The highest BCUT2D eigenvalue weighted by Gasteiger charge is 2.09. The van der Waals surface area contributed by atoms with Gasteiger partial charge >= 0.3 is 0 Å². The molecule has 96 valence electrons. The molecule has 2 nitrogen and oxygen atoms in total. The van der Waals surface area contributed by atoms with Crippen LogP contribution in [0, 0.1) is 6.92 Å². The van der Waals surface area contributed by atoms with Crippen molar-refractivity contribution in [1.29, 1.82) is 0 Å². The third-order valence-corrected chi connectivity index (χ3v) is 3.13. The van der Waals surface area contributed by atoms with Gasteiger partial charge in [0.2, 0.25) is 0 Å². The molecule has 0 aliphatic rings. The molecule has 1 unspecified atom stereocenters. The Balaban J connectivity index is 2.46. The first kappa shape index (κ1) is 14.2. The van der Waals surface area contributed by atoms with Crippen LogP contribution in [0.4, 0.5) is 0 Å². The van der Waals surface area contributed by atoms with E-state index in [-0.39, 0.29) is 6.10 Å². The van der Waals surface area contributed by atoms with Gasteiger partial charge in [0.25, 0.3) is 0 Å². The van der Waals surface area contributed by atoms with Crippen LogP contribution in [0.3, 0.4) is 0 Å². The lowest BCUT2D eigenvalue weighted by atomic mass is 10.0. The Kier molecular flexibility index (Phi) is 6.23. The molecule has 17 heavy (non-hydrogen) atoms. The molecule has 0 aromatic heterocycles. The molecule has 1 N–H and O–H groups in total. The average Bonchev–Trinajstić information content (AvgIpc) is 2.34. The van der Waals surface area contributed by atoms with Crippen molar-refractivity contribution in [3.63, 3.8) is 0 Å². The van der Waals surface area contributed by atoms with E-state index in [2.05, 4.69) is 37.8 Å². The van der Waals surface area contributed by atoms with Crippen molar-refractivity contribution in [2.75, 3.05) is 19.6 Å². The predicted octanol–water partition coefficient (Wildman–Crippen LogP) is 3.15.